The van der Waals surface area contributed by atoms with Crippen LogP contribution in [0.3, 0.4) is 0 Å². The van der Waals surface area contributed by atoms with Crippen molar-refractivity contribution in [3.05, 3.63) is 18.5 Å². The zero-order valence-electron chi connectivity index (χ0n) is 10.1. The van der Waals surface area contributed by atoms with Crippen LogP contribution in [0.4, 0.5) is 0 Å². The largest absolute Gasteiger partial charge is 0.317 e. The molecule has 0 aliphatic heterocycles. The number of aryl methyl sites for hydroxylation is 1. The molecule has 0 saturated carbocycles. The number of rotatable bonds is 7. The molecule has 1 N–H and O–H groups in total. The smallest absolute Gasteiger partial charge is 0.0684 e. The van der Waals surface area contributed by atoms with Crippen LogP contribution in [0.25, 0.3) is 0 Å². The van der Waals surface area contributed by atoms with Gasteiger partial charge in [-0.25, -0.2) is 0 Å². The first-order chi connectivity index (χ1) is 7.64. The summed E-state index contributed by atoms with van der Waals surface area (Å²) < 4.78 is 1.93. The molecule has 4 nitrogen and oxygen atoms in total. The highest BCUT2D eigenvalue weighted by Gasteiger charge is 2.14. The Morgan fingerprint density at radius 2 is 2.25 bits per heavy atom. The highest BCUT2D eigenvalue weighted by atomic mass is 15.3. The van der Waals surface area contributed by atoms with Crippen molar-refractivity contribution < 1.29 is 0 Å². The van der Waals surface area contributed by atoms with Crippen molar-refractivity contribution in [2.75, 3.05) is 13.1 Å². The number of nitriles is 1. The maximum atomic E-state index is 8.83. The molecule has 4 heteroatoms. The van der Waals surface area contributed by atoms with E-state index in [1.807, 2.05) is 30.8 Å². The van der Waals surface area contributed by atoms with Gasteiger partial charge in [0.15, 0.2) is 0 Å². The normalized spacial score (nSPS) is 11.3. The molecule has 1 heterocycles. The fraction of sp³-hybridized carbons (Fsp3) is 0.667. The molecule has 0 saturated heterocycles. The van der Waals surface area contributed by atoms with E-state index in [1.165, 1.54) is 0 Å². The second kappa shape index (κ2) is 6.29. The van der Waals surface area contributed by atoms with Crippen LogP contribution in [-0.4, -0.2) is 22.9 Å². The summed E-state index contributed by atoms with van der Waals surface area (Å²) in [4.78, 5) is 0. The van der Waals surface area contributed by atoms with E-state index in [0.717, 1.165) is 32.5 Å². The summed E-state index contributed by atoms with van der Waals surface area (Å²) >= 11 is 0. The van der Waals surface area contributed by atoms with E-state index in [4.69, 9.17) is 5.26 Å². The summed E-state index contributed by atoms with van der Waals surface area (Å²) in [6, 6.07) is 4.23. The summed E-state index contributed by atoms with van der Waals surface area (Å²) in [7, 11) is 0. The third kappa shape index (κ3) is 4.94. The average molecular weight is 220 g/mol. The van der Waals surface area contributed by atoms with Gasteiger partial charge in [-0.3, -0.25) is 4.68 Å². The van der Waals surface area contributed by atoms with E-state index in [0.29, 0.717) is 0 Å². The first-order valence-electron chi connectivity index (χ1n) is 5.73. The first kappa shape index (κ1) is 12.7. The van der Waals surface area contributed by atoms with Crippen molar-refractivity contribution in [1.29, 1.82) is 5.26 Å². The van der Waals surface area contributed by atoms with Crippen LogP contribution in [-0.2, 0) is 6.54 Å². The molecule has 0 aliphatic rings. The van der Waals surface area contributed by atoms with Crippen molar-refractivity contribution >= 4 is 0 Å². The van der Waals surface area contributed by atoms with Gasteiger partial charge in [-0.05, 0) is 45.8 Å². The molecule has 0 atom stereocenters. The van der Waals surface area contributed by atoms with E-state index in [2.05, 4.69) is 16.5 Å². The molecule has 0 fully saturated rings. The topological polar surface area (TPSA) is 53.6 Å². The standard InChI is InChI=1S/C12H20N4/c1-12(2,11-13)5-8-14-6-3-9-16-10-4-7-15-16/h4,7,10,14H,3,5-6,8-9H2,1-2H3. The Kier molecular flexibility index (Phi) is 5.00. The monoisotopic (exact) mass is 220 g/mol. The molecule has 0 amide bonds. The van der Waals surface area contributed by atoms with Crippen LogP contribution < -0.4 is 5.32 Å². The van der Waals surface area contributed by atoms with Crippen molar-refractivity contribution in [2.24, 2.45) is 5.41 Å². The van der Waals surface area contributed by atoms with Gasteiger partial charge < -0.3 is 5.32 Å². The second-order valence-corrected chi connectivity index (χ2v) is 4.62. The van der Waals surface area contributed by atoms with E-state index < -0.39 is 0 Å². The molecule has 0 bridgehead atoms. The number of aromatic nitrogens is 2. The maximum absolute atomic E-state index is 8.83. The van der Waals surface area contributed by atoms with Crippen LogP contribution in [0.2, 0.25) is 0 Å². The maximum Gasteiger partial charge on any atom is 0.0684 e. The predicted octanol–water partition coefficient (Wildman–Crippen LogP) is 1.80. The second-order valence-electron chi connectivity index (χ2n) is 4.62. The van der Waals surface area contributed by atoms with Crippen LogP contribution in [0.5, 0.6) is 0 Å². The minimum atomic E-state index is -0.213. The summed E-state index contributed by atoms with van der Waals surface area (Å²) in [5, 5.41) is 16.3. The van der Waals surface area contributed by atoms with Gasteiger partial charge in [-0.1, -0.05) is 0 Å². The molecule has 0 aromatic carbocycles. The van der Waals surface area contributed by atoms with Crippen LogP contribution >= 0.6 is 0 Å². The fourth-order valence-corrected chi connectivity index (χ4v) is 1.38. The summed E-state index contributed by atoms with van der Waals surface area (Å²) in [5.74, 6) is 0. The highest BCUT2D eigenvalue weighted by molar-refractivity contribution is 4.91. The lowest BCUT2D eigenvalue weighted by atomic mass is 9.91. The van der Waals surface area contributed by atoms with E-state index in [-0.39, 0.29) is 5.41 Å². The van der Waals surface area contributed by atoms with Crippen LogP contribution in [0.15, 0.2) is 18.5 Å². The summed E-state index contributed by atoms with van der Waals surface area (Å²) in [6.07, 6.45) is 5.72. The lowest BCUT2D eigenvalue weighted by molar-refractivity contribution is 0.427. The molecule has 0 spiro atoms. The number of nitrogens with one attached hydrogen (secondary N) is 1. The van der Waals surface area contributed by atoms with Crippen molar-refractivity contribution in [3.8, 4) is 6.07 Å². The first-order valence-corrected chi connectivity index (χ1v) is 5.73. The predicted molar refractivity (Wildman–Crippen MR) is 63.7 cm³/mol. The van der Waals surface area contributed by atoms with E-state index in [1.54, 1.807) is 6.20 Å². The minimum Gasteiger partial charge on any atom is -0.317 e. The molecule has 16 heavy (non-hydrogen) atoms. The lowest BCUT2D eigenvalue weighted by Crippen LogP contribution is -2.23. The lowest BCUT2D eigenvalue weighted by Gasteiger charge is -2.14. The Labute approximate surface area is 97.3 Å². The van der Waals surface area contributed by atoms with Gasteiger partial charge in [0.2, 0.25) is 0 Å². The number of hydrogen-bond acceptors (Lipinski definition) is 3. The van der Waals surface area contributed by atoms with Crippen molar-refractivity contribution in [2.45, 2.75) is 33.2 Å². The molecule has 0 radical (unpaired) electrons. The summed E-state index contributed by atoms with van der Waals surface area (Å²) in [6.45, 7) is 6.76. The van der Waals surface area contributed by atoms with Gasteiger partial charge in [0.25, 0.3) is 0 Å². The Balaban J connectivity index is 1.99. The Hall–Kier alpha value is -1.34. The van der Waals surface area contributed by atoms with Gasteiger partial charge in [-0.2, -0.15) is 10.4 Å². The number of nitrogens with zero attached hydrogens (tertiary/aromatic N) is 3. The fourth-order valence-electron chi connectivity index (χ4n) is 1.38. The van der Waals surface area contributed by atoms with Crippen molar-refractivity contribution in [3.63, 3.8) is 0 Å². The van der Waals surface area contributed by atoms with Crippen LogP contribution in [0.1, 0.15) is 26.7 Å². The molecule has 1 rings (SSSR count). The van der Waals surface area contributed by atoms with Gasteiger partial charge >= 0.3 is 0 Å². The highest BCUT2D eigenvalue weighted by Crippen LogP contribution is 2.16. The van der Waals surface area contributed by atoms with E-state index in [9.17, 15) is 0 Å². The third-order valence-electron chi connectivity index (χ3n) is 2.53. The SMILES string of the molecule is CC(C)(C#N)CCNCCCn1cccn1. The molecular formula is C12H20N4. The Morgan fingerprint density at radius 3 is 2.88 bits per heavy atom. The Morgan fingerprint density at radius 1 is 1.44 bits per heavy atom. The number of hydrogen-bond donors (Lipinski definition) is 1. The van der Waals surface area contributed by atoms with Crippen molar-refractivity contribution in [1.82, 2.24) is 15.1 Å². The third-order valence-corrected chi connectivity index (χ3v) is 2.53. The molecule has 88 valence electrons. The Bertz CT molecular complexity index is 321. The zero-order chi connectivity index (χ0) is 11.9. The van der Waals surface area contributed by atoms with Gasteiger partial charge in [0, 0.05) is 18.9 Å². The average Bonchev–Trinajstić information content (AvgIpc) is 2.76. The molecular weight excluding hydrogens is 200 g/mol. The van der Waals surface area contributed by atoms with Gasteiger partial charge in [0.1, 0.15) is 0 Å². The molecule has 0 aliphatic carbocycles. The van der Waals surface area contributed by atoms with Gasteiger partial charge in [0.05, 0.1) is 11.5 Å². The summed E-state index contributed by atoms with van der Waals surface area (Å²) in [5.41, 5.74) is -0.213. The van der Waals surface area contributed by atoms with Gasteiger partial charge in [-0.15, -0.1) is 0 Å². The molecule has 1 aromatic rings. The van der Waals surface area contributed by atoms with Crippen LogP contribution in [0, 0.1) is 16.7 Å². The minimum absolute atomic E-state index is 0.213. The molecule has 0 unspecified atom stereocenters. The molecule has 1 aromatic heterocycles. The van der Waals surface area contributed by atoms with E-state index >= 15 is 0 Å². The quantitative estimate of drug-likeness (QED) is 0.713. The zero-order valence-corrected chi connectivity index (χ0v) is 10.1.